The number of amides is 1. The van der Waals surface area contributed by atoms with Crippen LogP contribution in [0.2, 0.25) is 15.3 Å². The largest absolute Gasteiger partial charge is 0.489 e. The fourth-order valence-electron chi connectivity index (χ4n) is 5.30. The van der Waals surface area contributed by atoms with E-state index in [0.29, 0.717) is 40.9 Å². The van der Waals surface area contributed by atoms with Crippen molar-refractivity contribution in [2.75, 3.05) is 54.5 Å². The van der Waals surface area contributed by atoms with Crippen LogP contribution in [0.4, 0.5) is 17.6 Å². The standard InChI is InChI=1S/C15H18Cl2N2O3.C15H22ClNO2.C8H14ClN5.C3H8NO5P/c1-8(2)21-12-7-11(9(16)6-10(12)17)19-14(20)22-13(18-19)15(3,4)5;1-5-13-8-6-7-11(2)15(13)17(14(18)9-16)12(3)10-19-4;1-4-10-7-12-6(9)13-8(14-7)11-5(2)3;5-3(6)1-4-2-10(7,8)9/h6-8H,1-5H3;6-8,12H,5,9-10H2,1-4H3;5H,4H2,1-3H3,(H2,10,11,12,13,14);4H,1-2H2,(H,5,6)(H2,7,8,9). The minimum atomic E-state index is -4.10. The smallest absolute Gasteiger partial charge is 0.442 e. The molecule has 2 heterocycles. The quantitative estimate of drug-likeness (QED) is 0.0433. The summed E-state index contributed by atoms with van der Waals surface area (Å²) in [5, 5.41) is 21.2. The molecule has 0 saturated carbocycles. The number of carboxylic acids is 1. The Kier molecular flexibility index (Phi) is 25.6. The number of carbonyl (C=O) groups excluding carboxylic acids is 1. The van der Waals surface area contributed by atoms with Crippen LogP contribution in [-0.4, -0.2) is 109 Å². The molecule has 0 saturated heterocycles. The third-order valence-corrected chi connectivity index (χ3v) is 9.54. The van der Waals surface area contributed by atoms with Gasteiger partial charge in [-0.2, -0.15) is 19.6 Å². The van der Waals surface area contributed by atoms with E-state index in [2.05, 4.69) is 49.0 Å². The highest BCUT2D eigenvalue weighted by atomic mass is 35.5. The number of aryl methyl sites for hydroxylation is 2. The van der Waals surface area contributed by atoms with Crippen LogP contribution >= 0.6 is 54.0 Å². The maximum Gasteiger partial charge on any atom is 0.442 e. The van der Waals surface area contributed by atoms with Gasteiger partial charge in [0.05, 0.1) is 53.0 Å². The summed E-state index contributed by atoms with van der Waals surface area (Å²) in [6.45, 7) is 22.3. The van der Waals surface area contributed by atoms with Crippen LogP contribution in [-0.2, 0) is 30.7 Å². The van der Waals surface area contributed by atoms with Crippen molar-refractivity contribution in [3.05, 3.63) is 73.2 Å². The van der Waals surface area contributed by atoms with Gasteiger partial charge >= 0.3 is 19.3 Å². The van der Waals surface area contributed by atoms with Gasteiger partial charge in [0, 0.05) is 31.2 Å². The second-order valence-corrected chi connectivity index (χ2v) is 18.7. The molecule has 1 atom stereocenters. The van der Waals surface area contributed by atoms with E-state index in [9.17, 15) is 18.9 Å². The number of rotatable bonds is 17. The second kappa shape index (κ2) is 28.2. The Bertz CT molecular complexity index is 2230. The molecule has 65 heavy (non-hydrogen) atoms. The number of anilines is 3. The van der Waals surface area contributed by atoms with E-state index in [1.807, 2.05) is 81.4 Å². The number of benzene rings is 2. The highest BCUT2D eigenvalue weighted by molar-refractivity contribution is 7.51. The maximum atomic E-state index is 12.2. The molecule has 0 bridgehead atoms. The number of nitrogens with one attached hydrogen (secondary N) is 3. The number of para-hydroxylation sites is 1. The average Bonchev–Trinajstić information content (AvgIpc) is 3.58. The number of aromatic nitrogens is 5. The molecule has 1 amide bonds. The van der Waals surface area contributed by atoms with Crippen molar-refractivity contribution in [1.82, 2.24) is 30.0 Å². The first kappa shape index (κ1) is 59.0. The van der Waals surface area contributed by atoms with Crippen LogP contribution in [0.5, 0.6) is 5.75 Å². The van der Waals surface area contributed by atoms with E-state index in [1.54, 1.807) is 18.1 Å². The lowest BCUT2D eigenvalue weighted by atomic mass is 9.97. The third kappa shape index (κ3) is 21.4. The van der Waals surface area contributed by atoms with Crippen molar-refractivity contribution in [2.24, 2.45) is 0 Å². The van der Waals surface area contributed by atoms with E-state index in [1.165, 1.54) is 6.07 Å². The van der Waals surface area contributed by atoms with Gasteiger partial charge in [0.2, 0.25) is 29.0 Å². The van der Waals surface area contributed by atoms with Crippen LogP contribution in [0.25, 0.3) is 5.69 Å². The van der Waals surface area contributed by atoms with Gasteiger partial charge < -0.3 is 44.3 Å². The lowest BCUT2D eigenvalue weighted by Gasteiger charge is -2.31. The van der Waals surface area contributed by atoms with Crippen molar-refractivity contribution in [2.45, 2.75) is 106 Å². The van der Waals surface area contributed by atoms with Crippen LogP contribution in [0.15, 0.2) is 39.5 Å². The molecule has 4 rings (SSSR count). The summed E-state index contributed by atoms with van der Waals surface area (Å²) in [6, 6.07) is 9.42. The number of methoxy groups -OCH3 is 1. The Morgan fingerprint density at radius 2 is 1.63 bits per heavy atom. The molecule has 1 unspecified atom stereocenters. The number of alkyl halides is 1. The minimum Gasteiger partial charge on any atom is -0.489 e. The van der Waals surface area contributed by atoms with E-state index in [0.717, 1.165) is 34.5 Å². The molecule has 0 aliphatic rings. The Morgan fingerprint density at radius 1 is 1.00 bits per heavy atom. The second-order valence-electron chi connectivity index (χ2n) is 15.6. The Labute approximate surface area is 400 Å². The molecule has 0 fully saturated rings. The van der Waals surface area contributed by atoms with E-state index >= 15 is 0 Å². The molecule has 19 nitrogen and oxygen atoms in total. The molecule has 2 aromatic carbocycles. The highest BCUT2D eigenvalue weighted by Gasteiger charge is 2.26. The summed E-state index contributed by atoms with van der Waals surface area (Å²) in [5.74, 6) is -0.107. The van der Waals surface area contributed by atoms with Crippen molar-refractivity contribution in [1.29, 1.82) is 0 Å². The summed E-state index contributed by atoms with van der Waals surface area (Å²) in [6.07, 6.45) is 0.216. The molecule has 2 aromatic heterocycles. The number of ether oxygens (including phenoxy) is 2. The Hall–Kier alpha value is -4.04. The van der Waals surface area contributed by atoms with Gasteiger partial charge in [0.25, 0.3) is 0 Å². The van der Waals surface area contributed by atoms with Gasteiger partial charge in [-0.3, -0.25) is 19.5 Å². The fraction of sp³-hybridized carbons (Fsp3) is 0.537. The Balaban J connectivity index is 0.000000450. The number of nitrogens with zero attached hydrogens (tertiary/aromatic N) is 6. The number of aliphatic carboxylic acids is 1. The van der Waals surface area contributed by atoms with Gasteiger partial charge in [-0.1, -0.05) is 69.1 Å². The first-order valence-corrected chi connectivity index (χ1v) is 23.8. The summed E-state index contributed by atoms with van der Waals surface area (Å²) in [7, 11) is -2.46. The first-order valence-electron chi connectivity index (χ1n) is 20.3. The van der Waals surface area contributed by atoms with Crippen LogP contribution in [0.3, 0.4) is 0 Å². The highest BCUT2D eigenvalue weighted by Crippen LogP contribution is 2.34. The van der Waals surface area contributed by atoms with E-state index in [4.69, 9.17) is 75.2 Å². The van der Waals surface area contributed by atoms with Crippen molar-refractivity contribution < 1.29 is 42.9 Å². The summed E-state index contributed by atoms with van der Waals surface area (Å²) in [4.78, 5) is 64.2. The molecule has 364 valence electrons. The molecule has 0 radical (unpaired) electrons. The predicted octanol–water partition coefficient (Wildman–Crippen LogP) is 7.95. The zero-order valence-electron chi connectivity index (χ0n) is 38.7. The minimum absolute atomic E-state index is 0.0223. The fourth-order valence-corrected chi connectivity index (χ4v) is 6.50. The Morgan fingerprint density at radius 3 is 2.12 bits per heavy atom. The molecular weight excluding hydrogens is 951 g/mol. The topological polar surface area (TPSA) is 256 Å². The zero-order valence-corrected chi connectivity index (χ0v) is 42.6. The molecular formula is C41H62Cl4N9O10P. The first-order chi connectivity index (χ1) is 30.2. The third-order valence-electron chi connectivity index (χ3n) is 7.91. The SMILES string of the molecule is CC(C)Oc1cc(-n2nc(C(C)(C)C)oc2=O)c(Cl)cc1Cl.CCNc1nc(Cl)nc(NC(C)C)n1.CCc1cccc(C)c1N(C(=O)CCl)C(C)COC.O=C(O)CNCP(=O)(O)O. The van der Waals surface area contributed by atoms with E-state index < -0.39 is 32.2 Å². The summed E-state index contributed by atoms with van der Waals surface area (Å²) >= 11 is 23.8. The molecule has 0 aliphatic carbocycles. The van der Waals surface area contributed by atoms with Gasteiger partial charge in [0.1, 0.15) is 11.6 Å². The number of hydrogen-bond donors (Lipinski definition) is 6. The summed E-state index contributed by atoms with van der Waals surface area (Å²) in [5.41, 5.74) is 3.19. The summed E-state index contributed by atoms with van der Waals surface area (Å²) < 4.78 is 27.2. The van der Waals surface area contributed by atoms with Gasteiger partial charge in [-0.15, -0.1) is 16.7 Å². The normalized spacial score (nSPS) is 11.6. The van der Waals surface area contributed by atoms with Gasteiger partial charge in [0.15, 0.2) is 0 Å². The number of carbonyl (C=O) groups is 2. The monoisotopic (exact) mass is 1010 g/mol. The maximum absolute atomic E-state index is 12.2. The molecule has 24 heteroatoms. The molecule has 0 aliphatic heterocycles. The van der Waals surface area contributed by atoms with Gasteiger partial charge in [-0.05, 0) is 83.7 Å². The predicted molar refractivity (Wildman–Crippen MR) is 257 cm³/mol. The van der Waals surface area contributed by atoms with Gasteiger partial charge in [-0.25, -0.2) is 4.79 Å². The van der Waals surface area contributed by atoms with Crippen LogP contribution in [0, 0.1) is 6.92 Å². The average molecular weight is 1010 g/mol. The lowest BCUT2D eigenvalue weighted by Crippen LogP contribution is -2.43. The number of halogens is 4. The van der Waals surface area contributed by atoms with Crippen molar-refractivity contribution in [3.8, 4) is 11.4 Å². The zero-order chi connectivity index (χ0) is 49.8. The molecule has 0 spiro atoms. The van der Waals surface area contributed by atoms with Crippen LogP contribution in [0.1, 0.15) is 86.3 Å². The van der Waals surface area contributed by atoms with Crippen molar-refractivity contribution in [3.63, 3.8) is 0 Å². The van der Waals surface area contributed by atoms with Crippen LogP contribution < -0.4 is 31.3 Å². The van der Waals surface area contributed by atoms with E-state index in [-0.39, 0.29) is 45.7 Å². The lowest BCUT2D eigenvalue weighted by molar-refractivity contribution is -0.135. The molecule has 4 aromatic rings. The molecule has 6 N–H and O–H groups in total. The van der Waals surface area contributed by atoms with Crippen molar-refractivity contribution >= 4 is 83.5 Å². The number of carboxylic acid groups (broad SMARTS) is 1. The number of hydrogen-bond acceptors (Lipinski definition) is 14.